The second-order valence-corrected chi connectivity index (χ2v) is 2.82. The van der Waals surface area contributed by atoms with Crippen molar-refractivity contribution < 1.29 is 9.53 Å². The summed E-state index contributed by atoms with van der Waals surface area (Å²) in [6, 6.07) is 0. The van der Waals surface area contributed by atoms with E-state index in [0.29, 0.717) is 13.0 Å². The highest BCUT2D eigenvalue weighted by Crippen LogP contribution is 2.16. The van der Waals surface area contributed by atoms with E-state index in [4.69, 9.17) is 4.74 Å². The number of carbonyl (C=O) groups is 1. The van der Waals surface area contributed by atoms with Crippen molar-refractivity contribution >= 4 is 5.78 Å². The molecule has 1 aliphatic rings. The molecule has 11 heavy (non-hydrogen) atoms. The predicted molar refractivity (Wildman–Crippen MR) is 43.1 cm³/mol. The lowest BCUT2D eigenvalue weighted by atomic mass is 10.3. The van der Waals surface area contributed by atoms with Crippen molar-refractivity contribution in [3.63, 3.8) is 0 Å². The fourth-order valence-electron chi connectivity index (χ4n) is 0.900. The smallest absolute Gasteiger partial charge is 0.159 e. The first kappa shape index (κ1) is 8.05. The molecule has 0 unspecified atom stereocenters. The summed E-state index contributed by atoms with van der Waals surface area (Å²) in [7, 11) is 0. The van der Waals surface area contributed by atoms with E-state index in [2.05, 4.69) is 6.58 Å². The van der Waals surface area contributed by atoms with Crippen LogP contribution in [-0.2, 0) is 9.53 Å². The van der Waals surface area contributed by atoms with Gasteiger partial charge in [-0.3, -0.25) is 4.79 Å². The van der Waals surface area contributed by atoms with Gasteiger partial charge in [-0.15, -0.1) is 0 Å². The fraction of sp³-hybridized carbons (Fsp3) is 0.444. The van der Waals surface area contributed by atoms with Crippen LogP contribution in [0.2, 0.25) is 0 Å². The lowest BCUT2D eigenvalue weighted by Crippen LogP contribution is -1.92. The van der Waals surface area contributed by atoms with Gasteiger partial charge in [0.25, 0.3) is 0 Å². The van der Waals surface area contributed by atoms with E-state index in [1.54, 1.807) is 6.08 Å². The number of hydrogen-bond acceptors (Lipinski definition) is 2. The van der Waals surface area contributed by atoms with Crippen LogP contribution in [0, 0.1) is 0 Å². The lowest BCUT2D eigenvalue weighted by Gasteiger charge is -2.04. The molecule has 0 aliphatic heterocycles. The highest BCUT2D eigenvalue weighted by Gasteiger charge is 2.12. The van der Waals surface area contributed by atoms with Crippen molar-refractivity contribution in [2.45, 2.75) is 19.8 Å². The van der Waals surface area contributed by atoms with Crippen molar-refractivity contribution in [3.05, 3.63) is 24.0 Å². The Kier molecular flexibility index (Phi) is 2.47. The molecule has 0 spiro atoms. The first-order valence-corrected chi connectivity index (χ1v) is 3.69. The summed E-state index contributed by atoms with van der Waals surface area (Å²) in [5.74, 6) is 0.972. The molecule has 0 aromatic heterocycles. The maximum absolute atomic E-state index is 10.7. The Morgan fingerprint density at radius 1 is 1.73 bits per heavy atom. The predicted octanol–water partition coefficient (Wildman–Crippen LogP) is 1.83. The normalized spacial score (nSPS) is 16.5. The second kappa shape index (κ2) is 3.37. The van der Waals surface area contributed by atoms with Crippen molar-refractivity contribution in [1.82, 2.24) is 0 Å². The van der Waals surface area contributed by atoms with Crippen molar-refractivity contribution in [2.75, 3.05) is 6.61 Å². The van der Waals surface area contributed by atoms with Crippen LogP contribution < -0.4 is 0 Å². The largest absolute Gasteiger partial charge is 0.493 e. The Morgan fingerprint density at radius 3 is 2.91 bits per heavy atom. The first-order chi connectivity index (χ1) is 5.18. The van der Waals surface area contributed by atoms with Crippen molar-refractivity contribution in [3.8, 4) is 0 Å². The molecule has 0 fully saturated rings. The summed E-state index contributed by atoms with van der Waals surface area (Å²) in [4.78, 5) is 10.7. The number of rotatable bonds is 3. The number of ether oxygens (including phenoxy) is 1. The number of hydrogen-bond donors (Lipinski definition) is 0. The Labute approximate surface area is 66.5 Å². The minimum Gasteiger partial charge on any atom is -0.493 e. The number of ketones is 1. The molecule has 0 saturated heterocycles. The summed E-state index contributed by atoms with van der Waals surface area (Å²) in [5.41, 5.74) is 0.977. The molecule has 2 heteroatoms. The van der Waals surface area contributed by atoms with Gasteiger partial charge < -0.3 is 4.74 Å². The quantitative estimate of drug-likeness (QED) is 0.576. The summed E-state index contributed by atoms with van der Waals surface area (Å²) >= 11 is 0. The zero-order valence-electron chi connectivity index (χ0n) is 6.72. The lowest BCUT2D eigenvalue weighted by molar-refractivity contribution is -0.114. The van der Waals surface area contributed by atoms with E-state index < -0.39 is 0 Å². The first-order valence-electron chi connectivity index (χ1n) is 3.69. The minimum absolute atomic E-state index is 0.168. The Hall–Kier alpha value is -1.05. The van der Waals surface area contributed by atoms with Crippen LogP contribution in [0.15, 0.2) is 24.0 Å². The van der Waals surface area contributed by atoms with Gasteiger partial charge in [0.2, 0.25) is 0 Å². The van der Waals surface area contributed by atoms with Crippen LogP contribution in [0.25, 0.3) is 0 Å². The van der Waals surface area contributed by atoms with E-state index in [-0.39, 0.29) is 5.78 Å². The van der Waals surface area contributed by atoms with Gasteiger partial charge >= 0.3 is 0 Å². The third-order valence-electron chi connectivity index (χ3n) is 1.44. The monoisotopic (exact) mass is 152 g/mol. The van der Waals surface area contributed by atoms with Gasteiger partial charge in [-0.2, -0.15) is 0 Å². The van der Waals surface area contributed by atoms with Crippen LogP contribution in [0.1, 0.15) is 19.8 Å². The Balaban J connectivity index is 2.33. The molecule has 0 N–H and O–H groups in total. The van der Waals surface area contributed by atoms with Gasteiger partial charge in [0, 0.05) is 18.9 Å². The molecule has 2 nitrogen and oxygen atoms in total. The van der Waals surface area contributed by atoms with Crippen LogP contribution in [0.3, 0.4) is 0 Å². The van der Waals surface area contributed by atoms with E-state index in [1.165, 1.54) is 0 Å². The molecule has 1 rings (SSSR count). The average Bonchev–Trinajstić information content (AvgIpc) is 2.31. The molecule has 1 aliphatic carbocycles. The number of carbonyl (C=O) groups excluding carboxylic acids is 1. The van der Waals surface area contributed by atoms with Gasteiger partial charge in [-0.25, -0.2) is 0 Å². The zero-order chi connectivity index (χ0) is 8.27. The minimum atomic E-state index is 0.168. The van der Waals surface area contributed by atoms with E-state index >= 15 is 0 Å². The molecule has 0 amide bonds. The zero-order valence-corrected chi connectivity index (χ0v) is 6.72. The van der Waals surface area contributed by atoms with Crippen LogP contribution in [-0.4, -0.2) is 12.4 Å². The molecule has 0 aromatic rings. The number of allylic oxidation sites excluding steroid dienone is 2. The fourth-order valence-corrected chi connectivity index (χ4v) is 0.900. The van der Waals surface area contributed by atoms with Crippen molar-refractivity contribution in [1.29, 1.82) is 0 Å². The van der Waals surface area contributed by atoms with Gasteiger partial charge in [0.05, 0.1) is 0 Å². The van der Waals surface area contributed by atoms with Crippen LogP contribution >= 0.6 is 0 Å². The van der Waals surface area contributed by atoms with Gasteiger partial charge in [0.15, 0.2) is 5.78 Å². The summed E-state index contributed by atoms with van der Waals surface area (Å²) in [5, 5.41) is 0. The topological polar surface area (TPSA) is 26.3 Å². The molecule has 0 saturated carbocycles. The van der Waals surface area contributed by atoms with Gasteiger partial charge in [-0.1, -0.05) is 6.58 Å². The summed E-state index contributed by atoms with van der Waals surface area (Å²) in [6.07, 6.45) is 2.93. The van der Waals surface area contributed by atoms with E-state index in [1.807, 2.05) is 6.92 Å². The molecule has 60 valence electrons. The molecule has 0 radical (unpaired) electrons. The Bertz CT molecular complexity index is 214. The van der Waals surface area contributed by atoms with Crippen molar-refractivity contribution in [2.24, 2.45) is 0 Å². The van der Waals surface area contributed by atoms with E-state index in [0.717, 1.165) is 17.8 Å². The third kappa shape index (κ3) is 2.58. The SMILES string of the molecule is C=C(C)COC1=CC(=O)CC1. The third-order valence-corrected chi connectivity index (χ3v) is 1.44. The highest BCUT2D eigenvalue weighted by molar-refractivity contribution is 5.92. The molecule has 0 bridgehead atoms. The average molecular weight is 152 g/mol. The highest BCUT2D eigenvalue weighted by atomic mass is 16.5. The molecule has 0 aromatic carbocycles. The second-order valence-electron chi connectivity index (χ2n) is 2.82. The van der Waals surface area contributed by atoms with Gasteiger partial charge in [-0.05, 0) is 12.5 Å². The van der Waals surface area contributed by atoms with Crippen LogP contribution in [0.5, 0.6) is 0 Å². The molecular formula is C9H12O2. The standard InChI is InChI=1S/C9H12O2/c1-7(2)6-11-9-4-3-8(10)5-9/h5H,1,3-4,6H2,2H3. The maximum atomic E-state index is 10.7. The summed E-state index contributed by atoms with van der Waals surface area (Å²) < 4.78 is 5.28. The van der Waals surface area contributed by atoms with E-state index in [9.17, 15) is 4.79 Å². The molecule has 0 atom stereocenters. The molecular weight excluding hydrogens is 140 g/mol. The Morgan fingerprint density at radius 2 is 2.45 bits per heavy atom. The van der Waals surface area contributed by atoms with Gasteiger partial charge in [0.1, 0.15) is 12.4 Å². The summed E-state index contributed by atoms with van der Waals surface area (Å²) in [6.45, 7) is 6.12. The molecule has 0 heterocycles. The van der Waals surface area contributed by atoms with Crippen LogP contribution in [0.4, 0.5) is 0 Å². The maximum Gasteiger partial charge on any atom is 0.159 e.